The summed E-state index contributed by atoms with van der Waals surface area (Å²) in [6.45, 7) is 1.15. The maximum absolute atomic E-state index is 11.7. The molecular weight excluding hydrogens is 354 g/mol. The Bertz CT molecular complexity index is 810. The molecule has 0 spiro atoms. The van der Waals surface area contributed by atoms with Crippen LogP contribution in [-0.4, -0.2) is 48.4 Å². The van der Waals surface area contributed by atoms with Crippen molar-refractivity contribution in [3.63, 3.8) is 0 Å². The van der Waals surface area contributed by atoms with Gasteiger partial charge in [0, 0.05) is 19.2 Å². The number of nitro groups is 1. The minimum absolute atomic E-state index is 0.0226. The van der Waals surface area contributed by atoms with Gasteiger partial charge in [0.25, 0.3) is 0 Å². The van der Waals surface area contributed by atoms with Crippen molar-refractivity contribution >= 4 is 23.0 Å². The van der Waals surface area contributed by atoms with Gasteiger partial charge in [-0.05, 0) is 25.0 Å². The first kappa shape index (κ1) is 18.6. The highest BCUT2D eigenvalue weighted by Gasteiger charge is 2.25. The monoisotopic (exact) mass is 375 g/mol. The summed E-state index contributed by atoms with van der Waals surface area (Å²) in [5, 5.41) is 17.6. The Morgan fingerprint density at radius 2 is 2.11 bits per heavy atom. The molecule has 0 amide bonds. The zero-order valence-corrected chi connectivity index (χ0v) is 15.1. The predicted octanol–water partition coefficient (Wildman–Crippen LogP) is 2.74. The molecule has 1 atom stereocenters. The Morgan fingerprint density at radius 1 is 1.30 bits per heavy atom. The van der Waals surface area contributed by atoms with Crippen molar-refractivity contribution in [2.45, 2.75) is 18.9 Å². The summed E-state index contributed by atoms with van der Waals surface area (Å²) in [4.78, 5) is 19.2. The number of hydrogen-bond acceptors (Lipinski definition) is 9. The van der Waals surface area contributed by atoms with Crippen molar-refractivity contribution in [2.24, 2.45) is 0 Å². The Kier molecular flexibility index (Phi) is 5.87. The van der Waals surface area contributed by atoms with E-state index in [4.69, 9.17) is 14.2 Å². The molecule has 2 aromatic rings. The molecular formula is C17H21N5O5. The van der Waals surface area contributed by atoms with Crippen molar-refractivity contribution in [1.29, 1.82) is 0 Å². The molecule has 0 bridgehead atoms. The van der Waals surface area contributed by atoms with Crippen LogP contribution in [-0.2, 0) is 4.74 Å². The maximum Gasteiger partial charge on any atom is 0.353 e. The zero-order valence-electron chi connectivity index (χ0n) is 15.1. The number of nitrogens with one attached hydrogen (secondary N) is 2. The van der Waals surface area contributed by atoms with Gasteiger partial charge in [-0.15, -0.1) is 0 Å². The van der Waals surface area contributed by atoms with Crippen LogP contribution in [0.1, 0.15) is 12.8 Å². The van der Waals surface area contributed by atoms with Crippen LogP contribution in [0.15, 0.2) is 24.5 Å². The molecule has 1 aliphatic heterocycles. The predicted molar refractivity (Wildman–Crippen MR) is 99.0 cm³/mol. The number of rotatable bonds is 8. The van der Waals surface area contributed by atoms with Crippen LogP contribution >= 0.6 is 0 Å². The summed E-state index contributed by atoms with van der Waals surface area (Å²) >= 11 is 0. The number of benzene rings is 1. The van der Waals surface area contributed by atoms with Gasteiger partial charge in [0.05, 0.1) is 30.9 Å². The molecule has 0 saturated carbocycles. The zero-order chi connectivity index (χ0) is 19.2. The van der Waals surface area contributed by atoms with E-state index in [1.54, 1.807) is 18.2 Å². The molecule has 1 aliphatic rings. The largest absolute Gasteiger partial charge is 0.497 e. The number of ether oxygens (including phenoxy) is 3. The van der Waals surface area contributed by atoms with E-state index in [9.17, 15) is 10.1 Å². The highest BCUT2D eigenvalue weighted by Crippen LogP contribution is 2.36. The molecule has 1 aromatic carbocycles. The van der Waals surface area contributed by atoms with E-state index in [-0.39, 0.29) is 23.4 Å². The first-order chi connectivity index (χ1) is 13.1. The van der Waals surface area contributed by atoms with Crippen LogP contribution in [0.2, 0.25) is 0 Å². The van der Waals surface area contributed by atoms with Gasteiger partial charge in [-0.2, -0.15) is 0 Å². The Hall–Kier alpha value is -3.14. The molecule has 0 radical (unpaired) electrons. The van der Waals surface area contributed by atoms with Gasteiger partial charge in [-0.25, -0.2) is 9.97 Å². The fourth-order valence-electron chi connectivity index (χ4n) is 2.83. The first-order valence-corrected chi connectivity index (χ1v) is 8.46. The van der Waals surface area contributed by atoms with Gasteiger partial charge in [0.1, 0.15) is 17.8 Å². The molecule has 2 heterocycles. The second-order valence-electron chi connectivity index (χ2n) is 5.88. The van der Waals surface area contributed by atoms with Crippen LogP contribution in [0.5, 0.6) is 11.5 Å². The van der Waals surface area contributed by atoms with Crippen LogP contribution in [0.25, 0.3) is 0 Å². The summed E-state index contributed by atoms with van der Waals surface area (Å²) in [7, 11) is 3.04. The van der Waals surface area contributed by atoms with Crippen LogP contribution in [0, 0.1) is 10.1 Å². The highest BCUT2D eigenvalue weighted by molar-refractivity contribution is 5.76. The highest BCUT2D eigenvalue weighted by atomic mass is 16.6. The van der Waals surface area contributed by atoms with Crippen molar-refractivity contribution in [3.8, 4) is 11.5 Å². The lowest BCUT2D eigenvalue weighted by Crippen LogP contribution is -2.20. The Balaban J connectivity index is 1.88. The molecule has 1 aromatic heterocycles. The lowest BCUT2D eigenvalue weighted by atomic mass is 10.2. The van der Waals surface area contributed by atoms with E-state index in [0.29, 0.717) is 30.3 Å². The summed E-state index contributed by atoms with van der Waals surface area (Å²) in [5.41, 5.74) is 0.240. The Morgan fingerprint density at radius 3 is 2.78 bits per heavy atom. The standard InChI is InChI=1S/C17H21N5O5/c1-25-11-5-6-14(26-2)13(8-11)21-17-15(22(23)24)16(19-10-20-17)18-9-12-4-3-7-27-12/h5-6,8,10,12H,3-4,7,9H2,1-2H3,(H2,18,19,20,21). The number of hydrogen-bond donors (Lipinski definition) is 2. The van der Waals surface area contributed by atoms with Crippen LogP contribution in [0.4, 0.5) is 23.0 Å². The number of nitrogens with zero attached hydrogens (tertiary/aromatic N) is 3. The molecule has 27 heavy (non-hydrogen) atoms. The third-order valence-electron chi connectivity index (χ3n) is 4.19. The van der Waals surface area contributed by atoms with E-state index in [2.05, 4.69) is 20.6 Å². The van der Waals surface area contributed by atoms with Crippen molar-refractivity contribution in [3.05, 3.63) is 34.6 Å². The quantitative estimate of drug-likeness (QED) is 0.530. The average Bonchev–Trinajstić information content (AvgIpc) is 3.19. The van der Waals surface area contributed by atoms with Gasteiger partial charge >= 0.3 is 5.69 Å². The summed E-state index contributed by atoms with van der Waals surface area (Å²) in [6.07, 6.45) is 3.19. The molecule has 1 saturated heterocycles. The third-order valence-corrected chi connectivity index (χ3v) is 4.19. The first-order valence-electron chi connectivity index (χ1n) is 8.46. The van der Waals surface area contributed by atoms with Crippen LogP contribution < -0.4 is 20.1 Å². The van der Waals surface area contributed by atoms with Gasteiger partial charge in [0.2, 0.25) is 11.6 Å². The summed E-state index contributed by atoms with van der Waals surface area (Å²) < 4.78 is 16.0. The SMILES string of the molecule is COc1ccc(OC)c(Nc2ncnc(NCC3CCCO3)c2[N+](=O)[O-])c1. The fraction of sp³-hybridized carbons (Fsp3) is 0.412. The minimum atomic E-state index is -0.521. The van der Waals surface area contributed by atoms with E-state index in [1.165, 1.54) is 20.5 Å². The van der Waals surface area contributed by atoms with Gasteiger partial charge in [-0.1, -0.05) is 0 Å². The molecule has 144 valence electrons. The normalized spacial score (nSPS) is 16.0. The number of anilines is 3. The maximum atomic E-state index is 11.7. The second kappa shape index (κ2) is 8.49. The lowest BCUT2D eigenvalue weighted by Gasteiger charge is -2.14. The van der Waals surface area contributed by atoms with Crippen LogP contribution in [0.3, 0.4) is 0 Å². The molecule has 10 heteroatoms. The van der Waals surface area contributed by atoms with E-state index >= 15 is 0 Å². The molecule has 0 aliphatic carbocycles. The fourth-order valence-corrected chi connectivity index (χ4v) is 2.83. The van der Waals surface area contributed by atoms with Gasteiger partial charge in [0.15, 0.2) is 0 Å². The van der Waals surface area contributed by atoms with Gasteiger partial charge in [-0.3, -0.25) is 10.1 Å². The summed E-state index contributed by atoms with van der Waals surface area (Å²) in [5.74, 6) is 1.26. The Labute approximate surface area is 156 Å². The molecule has 10 nitrogen and oxygen atoms in total. The number of methoxy groups -OCH3 is 2. The molecule has 2 N–H and O–H groups in total. The van der Waals surface area contributed by atoms with Crippen molar-refractivity contribution < 1.29 is 19.1 Å². The second-order valence-corrected chi connectivity index (χ2v) is 5.88. The van der Waals surface area contributed by atoms with E-state index in [0.717, 1.165) is 12.8 Å². The lowest BCUT2D eigenvalue weighted by molar-refractivity contribution is -0.383. The topological polar surface area (TPSA) is 121 Å². The van der Waals surface area contributed by atoms with E-state index in [1.807, 2.05) is 0 Å². The molecule has 3 rings (SSSR count). The van der Waals surface area contributed by atoms with Crippen molar-refractivity contribution in [1.82, 2.24) is 9.97 Å². The molecule has 1 fully saturated rings. The average molecular weight is 375 g/mol. The summed E-state index contributed by atoms with van der Waals surface area (Å²) in [6, 6.07) is 5.10. The smallest absolute Gasteiger partial charge is 0.353 e. The van der Waals surface area contributed by atoms with Crippen molar-refractivity contribution in [2.75, 3.05) is 38.0 Å². The van der Waals surface area contributed by atoms with E-state index < -0.39 is 4.92 Å². The minimum Gasteiger partial charge on any atom is -0.497 e. The molecule has 1 unspecified atom stereocenters. The van der Waals surface area contributed by atoms with Gasteiger partial charge < -0.3 is 24.8 Å². The third kappa shape index (κ3) is 4.34. The number of aromatic nitrogens is 2.